The number of carboxylic acids is 1. The molecule has 2 amide bonds. The van der Waals surface area contributed by atoms with Gasteiger partial charge in [-0.1, -0.05) is 12.7 Å². The summed E-state index contributed by atoms with van der Waals surface area (Å²) in [6.45, 7) is 7.73. The third kappa shape index (κ3) is 5.19. The van der Waals surface area contributed by atoms with Crippen molar-refractivity contribution in [3.05, 3.63) is 41.5 Å². The second-order valence-corrected chi connectivity index (χ2v) is 9.03. The first-order valence-electron chi connectivity index (χ1n) is 11.9. The Morgan fingerprint density at radius 1 is 1.23 bits per heavy atom. The Kier molecular flexibility index (Phi) is 7.73. The van der Waals surface area contributed by atoms with Crippen LogP contribution in [0.4, 0.5) is 10.5 Å². The molecule has 2 saturated heterocycles. The van der Waals surface area contributed by atoms with Crippen LogP contribution in [-0.4, -0.2) is 79.0 Å². The second-order valence-electron chi connectivity index (χ2n) is 9.03. The highest BCUT2D eigenvalue weighted by atomic mass is 16.7. The number of aryl methyl sites for hydroxylation is 2. The molecule has 0 spiro atoms. The Labute approximate surface area is 204 Å². The monoisotopic (exact) mass is 488 g/mol. The Morgan fingerprint density at radius 3 is 2.69 bits per heavy atom. The quantitative estimate of drug-likeness (QED) is 0.583. The molecule has 1 aromatic carbocycles. The van der Waals surface area contributed by atoms with Crippen molar-refractivity contribution in [3.63, 3.8) is 0 Å². The number of amides is 2. The van der Waals surface area contributed by atoms with Crippen molar-refractivity contribution in [2.75, 3.05) is 31.3 Å². The molecule has 3 heterocycles. The van der Waals surface area contributed by atoms with E-state index in [1.54, 1.807) is 17.0 Å². The highest BCUT2D eigenvalue weighted by molar-refractivity contribution is 6.05. The van der Waals surface area contributed by atoms with Gasteiger partial charge in [-0.3, -0.25) is 4.79 Å². The van der Waals surface area contributed by atoms with Gasteiger partial charge in [-0.25, -0.2) is 14.5 Å². The number of hydrogen-bond acceptors (Lipinski definition) is 7. The van der Waals surface area contributed by atoms with Crippen LogP contribution in [0.25, 0.3) is 0 Å². The molecule has 0 saturated carbocycles. The Bertz CT molecular complexity index is 990. The number of carbonyl (C=O) groups excluding carboxylic acids is 2. The maximum absolute atomic E-state index is 13.8. The van der Waals surface area contributed by atoms with Gasteiger partial charge in [-0.05, 0) is 62.8 Å². The normalized spacial score (nSPS) is 26.1. The number of nitrogens with zero attached hydrogens (tertiary/aromatic N) is 2. The zero-order valence-electron chi connectivity index (χ0n) is 20.1. The fourth-order valence-electron chi connectivity index (χ4n) is 4.86. The van der Waals surface area contributed by atoms with Crippen LogP contribution < -0.4 is 4.90 Å². The zero-order chi connectivity index (χ0) is 25.1. The Morgan fingerprint density at radius 2 is 2.00 bits per heavy atom. The average Bonchev–Trinajstić information content (AvgIpc) is 3.23. The summed E-state index contributed by atoms with van der Waals surface area (Å²) in [5.74, 6) is -1.39. The fraction of sp³-hybridized carbons (Fsp3) is 0.560. The molecule has 10 nitrogen and oxygen atoms in total. The minimum atomic E-state index is -1.12. The van der Waals surface area contributed by atoms with E-state index in [-0.39, 0.29) is 12.5 Å². The van der Waals surface area contributed by atoms with E-state index in [0.29, 0.717) is 37.2 Å². The summed E-state index contributed by atoms with van der Waals surface area (Å²) in [5.41, 5.74) is 2.52. The summed E-state index contributed by atoms with van der Waals surface area (Å²) in [5, 5.41) is 9.19. The highest BCUT2D eigenvalue weighted by Gasteiger charge is 2.52. The maximum atomic E-state index is 13.8. The van der Waals surface area contributed by atoms with Crippen LogP contribution >= 0.6 is 0 Å². The number of benzene rings is 1. The molecule has 3 aliphatic heterocycles. The van der Waals surface area contributed by atoms with Gasteiger partial charge in [0.2, 0.25) is 0 Å². The van der Waals surface area contributed by atoms with Crippen LogP contribution in [0.1, 0.15) is 47.2 Å². The third-order valence-corrected chi connectivity index (χ3v) is 6.68. The van der Waals surface area contributed by atoms with E-state index >= 15 is 0 Å². The van der Waals surface area contributed by atoms with Crippen molar-refractivity contribution in [2.45, 2.75) is 64.2 Å². The molecule has 0 bridgehead atoms. The van der Waals surface area contributed by atoms with E-state index in [1.165, 1.54) is 11.0 Å². The van der Waals surface area contributed by atoms with E-state index in [2.05, 4.69) is 6.58 Å². The molecule has 0 radical (unpaired) electrons. The van der Waals surface area contributed by atoms with Crippen LogP contribution in [0.3, 0.4) is 0 Å². The van der Waals surface area contributed by atoms with Crippen LogP contribution in [0.5, 0.6) is 0 Å². The largest absolute Gasteiger partial charge is 0.480 e. The van der Waals surface area contributed by atoms with Gasteiger partial charge in [0.25, 0.3) is 5.91 Å². The molecular formula is C25H32N2O8. The molecule has 4 rings (SSSR count). The predicted octanol–water partition coefficient (Wildman–Crippen LogP) is 3.00. The molecule has 4 atom stereocenters. The predicted molar refractivity (Wildman–Crippen MR) is 125 cm³/mol. The van der Waals surface area contributed by atoms with E-state index in [0.717, 1.165) is 24.0 Å². The van der Waals surface area contributed by atoms with Crippen molar-refractivity contribution >= 4 is 23.7 Å². The molecule has 1 aromatic rings. The van der Waals surface area contributed by atoms with Crippen molar-refractivity contribution in [1.82, 2.24) is 4.90 Å². The summed E-state index contributed by atoms with van der Waals surface area (Å²) < 4.78 is 23.4. The van der Waals surface area contributed by atoms with E-state index in [1.807, 2.05) is 13.8 Å². The molecule has 2 unspecified atom stereocenters. The molecule has 3 aliphatic rings. The summed E-state index contributed by atoms with van der Waals surface area (Å²) in [4.78, 5) is 41.4. The standard InChI is InChI=1S/C25H32N2O8/c1-4-10-33-25(31)27-18-13-16(3)15(2)12-17(18)23(30)26-9-8-19(34-14-20(28)29)22(26)24(27)35-21-7-5-6-11-32-21/h4,12-13,19,21-22,24H,1,5-11,14H2,2-3H3,(H,28,29)/t19-,21?,22-,24?/m0/s1. The van der Waals surface area contributed by atoms with Gasteiger partial charge in [0.15, 0.2) is 12.5 Å². The maximum Gasteiger partial charge on any atom is 0.416 e. The van der Waals surface area contributed by atoms with Gasteiger partial charge >= 0.3 is 12.1 Å². The lowest BCUT2D eigenvalue weighted by molar-refractivity contribution is -0.202. The number of carbonyl (C=O) groups is 3. The number of hydrogen-bond donors (Lipinski definition) is 1. The SMILES string of the molecule is C=CCOC(=O)N1c2cc(C)c(C)cc2C(=O)N2CC[C@H](OCC(=O)O)[C@H]2C1OC1CCCCO1. The van der Waals surface area contributed by atoms with Gasteiger partial charge in [0.05, 0.1) is 17.4 Å². The van der Waals surface area contributed by atoms with Crippen molar-refractivity contribution < 1.29 is 38.4 Å². The third-order valence-electron chi connectivity index (χ3n) is 6.68. The van der Waals surface area contributed by atoms with Crippen molar-refractivity contribution in [1.29, 1.82) is 0 Å². The number of fused-ring (bicyclic) bond motifs is 2. The zero-order valence-corrected chi connectivity index (χ0v) is 20.1. The van der Waals surface area contributed by atoms with E-state index < -0.39 is 43.3 Å². The van der Waals surface area contributed by atoms with Gasteiger partial charge < -0.3 is 29.0 Å². The Balaban J connectivity index is 1.83. The average molecular weight is 489 g/mol. The van der Waals surface area contributed by atoms with E-state index in [9.17, 15) is 19.5 Å². The van der Waals surface area contributed by atoms with Crippen LogP contribution in [0.15, 0.2) is 24.8 Å². The van der Waals surface area contributed by atoms with Crippen LogP contribution in [0.2, 0.25) is 0 Å². The molecule has 190 valence electrons. The lowest BCUT2D eigenvalue weighted by Gasteiger charge is -2.39. The Hall–Kier alpha value is -2.95. The van der Waals surface area contributed by atoms with Gasteiger partial charge in [-0.15, -0.1) is 0 Å². The number of carboxylic acid groups (broad SMARTS) is 1. The molecular weight excluding hydrogens is 456 g/mol. The smallest absolute Gasteiger partial charge is 0.416 e. The van der Waals surface area contributed by atoms with Crippen LogP contribution in [0, 0.1) is 13.8 Å². The topological polar surface area (TPSA) is 115 Å². The van der Waals surface area contributed by atoms with E-state index in [4.69, 9.17) is 18.9 Å². The number of anilines is 1. The first-order valence-corrected chi connectivity index (χ1v) is 11.9. The van der Waals surface area contributed by atoms with Gasteiger partial charge in [0, 0.05) is 13.2 Å². The van der Waals surface area contributed by atoms with Gasteiger partial charge in [-0.2, -0.15) is 0 Å². The number of aliphatic carboxylic acids is 1. The molecule has 2 fully saturated rings. The van der Waals surface area contributed by atoms with Gasteiger partial charge in [0.1, 0.15) is 19.3 Å². The molecule has 1 N–H and O–H groups in total. The minimum absolute atomic E-state index is 0.0244. The summed E-state index contributed by atoms with van der Waals surface area (Å²) in [6, 6.07) is 2.80. The summed E-state index contributed by atoms with van der Waals surface area (Å²) >= 11 is 0. The summed E-state index contributed by atoms with van der Waals surface area (Å²) in [7, 11) is 0. The lowest BCUT2D eigenvalue weighted by atomic mass is 10.0. The second kappa shape index (κ2) is 10.8. The van der Waals surface area contributed by atoms with Crippen molar-refractivity contribution in [3.8, 4) is 0 Å². The summed E-state index contributed by atoms with van der Waals surface area (Å²) in [6.07, 6.45) is 1.36. The molecule has 35 heavy (non-hydrogen) atoms. The van der Waals surface area contributed by atoms with Crippen LogP contribution in [-0.2, 0) is 23.7 Å². The molecule has 10 heteroatoms. The number of rotatable bonds is 7. The molecule has 0 aromatic heterocycles. The van der Waals surface area contributed by atoms with Crippen molar-refractivity contribution in [2.24, 2.45) is 0 Å². The first kappa shape index (κ1) is 25.2. The first-order chi connectivity index (χ1) is 16.8. The molecule has 0 aliphatic carbocycles. The number of ether oxygens (including phenoxy) is 4. The highest BCUT2D eigenvalue weighted by Crippen LogP contribution is 2.39. The minimum Gasteiger partial charge on any atom is -0.480 e. The lowest BCUT2D eigenvalue weighted by Crippen LogP contribution is -2.57. The fourth-order valence-corrected chi connectivity index (χ4v) is 4.86.